The highest BCUT2D eigenvalue weighted by atomic mass is 16.2. The minimum Gasteiger partial charge on any atom is -0.343 e. The monoisotopic (exact) mass is 296 g/mol. The first-order valence-corrected chi connectivity index (χ1v) is 9.18. The molecule has 0 aromatic heterocycles. The average molecular weight is 296 g/mol. The summed E-state index contributed by atoms with van der Waals surface area (Å²) in [7, 11) is 0. The van der Waals surface area contributed by atoms with Gasteiger partial charge in [-0.2, -0.15) is 0 Å². The number of unbranched alkanes of at least 4 members (excludes halogenated alkanes) is 6. The van der Waals surface area contributed by atoms with Crippen LogP contribution in [-0.4, -0.2) is 29.4 Å². The lowest BCUT2D eigenvalue weighted by Crippen LogP contribution is -2.50. The minimum absolute atomic E-state index is 0.178. The molecular weight excluding hydrogens is 260 g/mol. The Balaban J connectivity index is 2.35. The van der Waals surface area contributed by atoms with Crippen molar-refractivity contribution in [3.05, 3.63) is 0 Å². The smallest absolute Gasteiger partial charge is 0.224 e. The van der Waals surface area contributed by atoms with Gasteiger partial charge >= 0.3 is 0 Å². The Bertz CT molecular complexity index is 275. The van der Waals surface area contributed by atoms with Gasteiger partial charge in [0.25, 0.3) is 0 Å². The molecule has 21 heavy (non-hydrogen) atoms. The van der Waals surface area contributed by atoms with Gasteiger partial charge in [-0.25, -0.2) is 0 Å². The van der Waals surface area contributed by atoms with Gasteiger partial charge in [0.2, 0.25) is 5.91 Å². The largest absolute Gasteiger partial charge is 0.343 e. The summed E-state index contributed by atoms with van der Waals surface area (Å²) in [5.41, 5.74) is 6.07. The third-order valence-corrected chi connectivity index (χ3v) is 4.77. The standard InChI is InChI=1S/C18H36N2O/c1-3-5-7-9-14-20(15-10-8-6-4-2)17(21)16-18(19)12-11-13-18/h3-16,19H2,1-2H3. The molecule has 0 aromatic rings. The molecule has 0 bridgehead atoms. The highest BCUT2D eigenvalue weighted by Gasteiger charge is 2.35. The van der Waals surface area contributed by atoms with E-state index in [1.807, 2.05) is 0 Å². The van der Waals surface area contributed by atoms with Gasteiger partial charge in [0.15, 0.2) is 0 Å². The van der Waals surface area contributed by atoms with Crippen LogP contribution in [-0.2, 0) is 4.79 Å². The summed E-state index contributed by atoms with van der Waals surface area (Å²) < 4.78 is 0. The molecule has 0 atom stereocenters. The molecule has 0 aromatic carbocycles. The van der Waals surface area contributed by atoms with Crippen LogP contribution in [0.15, 0.2) is 0 Å². The van der Waals surface area contributed by atoms with Crippen molar-refractivity contribution < 1.29 is 4.79 Å². The van der Waals surface area contributed by atoms with E-state index in [0.29, 0.717) is 12.3 Å². The zero-order valence-corrected chi connectivity index (χ0v) is 14.3. The molecule has 0 spiro atoms. The zero-order chi connectivity index (χ0) is 15.6. The van der Waals surface area contributed by atoms with Crippen LogP contribution < -0.4 is 5.73 Å². The van der Waals surface area contributed by atoms with Gasteiger partial charge < -0.3 is 10.6 Å². The van der Waals surface area contributed by atoms with Gasteiger partial charge in [-0.05, 0) is 32.1 Å². The fraction of sp³-hybridized carbons (Fsp3) is 0.944. The first-order valence-electron chi connectivity index (χ1n) is 9.18. The van der Waals surface area contributed by atoms with Crippen LogP contribution in [0.2, 0.25) is 0 Å². The molecule has 0 radical (unpaired) electrons. The normalized spacial score (nSPS) is 16.5. The lowest BCUT2D eigenvalue weighted by molar-refractivity contribution is -0.133. The van der Waals surface area contributed by atoms with Crippen molar-refractivity contribution in [2.45, 2.75) is 96.4 Å². The van der Waals surface area contributed by atoms with Gasteiger partial charge in [0.05, 0.1) is 0 Å². The van der Waals surface area contributed by atoms with Crippen molar-refractivity contribution in [2.24, 2.45) is 5.73 Å². The summed E-state index contributed by atoms with van der Waals surface area (Å²) in [6.07, 6.45) is 13.6. The van der Waals surface area contributed by atoms with Crippen molar-refractivity contribution >= 4 is 5.91 Å². The Labute approximate surface area is 131 Å². The number of rotatable bonds is 12. The maximum Gasteiger partial charge on any atom is 0.224 e. The lowest BCUT2D eigenvalue weighted by atomic mass is 9.75. The molecule has 124 valence electrons. The molecule has 0 aliphatic heterocycles. The number of hydrogen-bond donors (Lipinski definition) is 1. The SMILES string of the molecule is CCCCCCN(CCCCCC)C(=O)CC1(N)CCC1. The number of carbonyl (C=O) groups excluding carboxylic acids is 1. The quantitative estimate of drug-likeness (QED) is 0.547. The molecule has 2 N–H and O–H groups in total. The van der Waals surface area contributed by atoms with E-state index in [2.05, 4.69) is 18.7 Å². The van der Waals surface area contributed by atoms with Gasteiger partial charge in [-0.15, -0.1) is 0 Å². The molecule has 1 fully saturated rings. The third-order valence-electron chi connectivity index (χ3n) is 4.77. The predicted octanol–water partition coefficient (Wildman–Crippen LogP) is 4.25. The molecular formula is C18H36N2O. The van der Waals surface area contributed by atoms with Crippen LogP contribution in [0.25, 0.3) is 0 Å². The Morgan fingerprint density at radius 1 is 0.952 bits per heavy atom. The Morgan fingerprint density at radius 2 is 1.48 bits per heavy atom. The van der Waals surface area contributed by atoms with Gasteiger partial charge in [0.1, 0.15) is 0 Å². The highest BCUT2D eigenvalue weighted by molar-refractivity contribution is 5.77. The van der Waals surface area contributed by atoms with E-state index in [1.165, 1.54) is 44.9 Å². The second kappa shape index (κ2) is 10.2. The second-order valence-electron chi connectivity index (χ2n) is 6.89. The summed E-state index contributed by atoms with van der Waals surface area (Å²) in [5.74, 6) is 0.296. The van der Waals surface area contributed by atoms with Crippen molar-refractivity contribution in [1.29, 1.82) is 0 Å². The van der Waals surface area contributed by atoms with E-state index in [1.54, 1.807) is 0 Å². The molecule has 0 saturated heterocycles. The van der Waals surface area contributed by atoms with E-state index in [4.69, 9.17) is 5.73 Å². The number of carbonyl (C=O) groups is 1. The summed E-state index contributed by atoms with van der Waals surface area (Å²) in [6.45, 7) is 6.31. The van der Waals surface area contributed by atoms with E-state index < -0.39 is 0 Å². The minimum atomic E-state index is -0.178. The zero-order valence-electron chi connectivity index (χ0n) is 14.3. The molecule has 1 rings (SSSR count). The summed E-state index contributed by atoms with van der Waals surface area (Å²) in [5, 5.41) is 0. The topological polar surface area (TPSA) is 46.3 Å². The molecule has 3 heteroatoms. The second-order valence-corrected chi connectivity index (χ2v) is 6.89. The van der Waals surface area contributed by atoms with Gasteiger partial charge in [0, 0.05) is 25.0 Å². The maximum atomic E-state index is 12.5. The summed E-state index contributed by atoms with van der Waals surface area (Å²) in [4.78, 5) is 14.6. The van der Waals surface area contributed by atoms with Crippen LogP contribution in [0.4, 0.5) is 0 Å². The Morgan fingerprint density at radius 3 is 1.86 bits per heavy atom. The highest BCUT2D eigenvalue weighted by Crippen LogP contribution is 2.32. The number of nitrogens with two attached hydrogens (primary N) is 1. The fourth-order valence-electron chi connectivity index (χ4n) is 3.04. The number of amides is 1. The summed E-state index contributed by atoms with van der Waals surface area (Å²) in [6, 6.07) is 0. The molecule has 3 nitrogen and oxygen atoms in total. The first-order chi connectivity index (χ1) is 10.1. The fourth-order valence-corrected chi connectivity index (χ4v) is 3.04. The van der Waals surface area contributed by atoms with Crippen molar-refractivity contribution in [1.82, 2.24) is 4.90 Å². The maximum absolute atomic E-state index is 12.5. The summed E-state index contributed by atoms with van der Waals surface area (Å²) >= 11 is 0. The van der Waals surface area contributed by atoms with Crippen LogP contribution in [0.5, 0.6) is 0 Å². The number of hydrogen-bond acceptors (Lipinski definition) is 2. The van der Waals surface area contributed by atoms with Crippen LogP contribution in [0.1, 0.15) is 90.9 Å². The van der Waals surface area contributed by atoms with E-state index in [9.17, 15) is 4.79 Å². The predicted molar refractivity (Wildman–Crippen MR) is 90.3 cm³/mol. The van der Waals surface area contributed by atoms with Crippen LogP contribution in [0.3, 0.4) is 0 Å². The van der Waals surface area contributed by atoms with Gasteiger partial charge in [-0.3, -0.25) is 4.79 Å². The molecule has 1 aliphatic rings. The molecule has 1 amide bonds. The Hall–Kier alpha value is -0.570. The Kier molecular flexibility index (Phi) is 8.98. The third kappa shape index (κ3) is 7.30. The van der Waals surface area contributed by atoms with Gasteiger partial charge in [-0.1, -0.05) is 52.4 Å². The lowest BCUT2D eigenvalue weighted by Gasteiger charge is -2.39. The molecule has 0 heterocycles. The molecule has 1 saturated carbocycles. The van der Waals surface area contributed by atoms with E-state index in [-0.39, 0.29) is 5.54 Å². The van der Waals surface area contributed by atoms with Crippen LogP contribution >= 0.6 is 0 Å². The average Bonchev–Trinajstić information content (AvgIpc) is 2.43. The van der Waals surface area contributed by atoms with Crippen molar-refractivity contribution in [3.63, 3.8) is 0 Å². The van der Waals surface area contributed by atoms with E-state index >= 15 is 0 Å². The van der Waals surface area contributed by atoms with Crippen LogP contribution in [0, 0.1) is 0 Å². The van der Waals surface area contributed by atoms with Crippen molar-refractivity contribution in [3.8, 4) is 0 Å². The van der Waals surface area contributed by atoms with E-state index in [0.717, 1.165) is 38.8 Å². The number of nitrogens with zero attached hydrogens (tertiary/aromatic N) is 1. The molecule has 1 aliphatic carbocycles. The molecule has 0 unspecified atom stereocenters. The van der Waals surface area contributed by atoms with Crippen molar-refractivity contribution in [2.75, 3.05) is 13.1 Å². The first kappa shape index (κ1) is 18.5.